The van der Waals surface area contributed by atoms with Crippen LogP contribution in [-0.2, 0) is 0 Å². The molecule has 0 spiro atoms. The molecule has 2 aromatic rings. The van der Waals surface area contributed by atoms with Crippen molar-refractivity contribution in [2.75, 3.05) is 0 Å². The molecule has 1 fully saturated rings. The van der Waals surface area contributed by atoms with E-state index < -0.39 is 6.10 Å². The van der Waals surface area contributed by atoms with E-state index in [1.165, 1.54) is 32.1 Å². The first kappa shape index (κ1) is 13.4. The average Bonchev–Trinajstić information content (AvgIpc) is 2.76. The van der Waals surface area contributed by atoms with E-state index in [-0.39, 0.29) is 5.69 Å². The summed E-state index contributed by atoms with van der Waals surface area (Å²) in [5.74, 6) is 0.346. The van der Waals surface area contributed by atoms with Crippen LogP contribution in [0.3, 0.4) is 0 Å². The molecule has 20 heavy (non-hydrogen) atoms. The Labute approximate surface area is 118 Å². The third-order valence-electron chi connectivity index (χ3n) is 4.48. The normalized spacial score (nSPS) is 19.6. The molecule has 0 aliphatic heterocycles. The highest BCUT2D eigenvalue weighted by Gasteiger charge is 2.21. The minimum atomic E-state index is -0.420. The Bertz CT molecular complexity index is 621. The highest BCUT2D eigenvalue weighted by molar-refractivity contribution is 5.75. The number of rotatable bonds is 2. The van der Waals surface area contributed by atoms with Gasteiger partial charge in [0.1, 0.15) is 0 Å². The molecule has 108 valence electrons. The lowest BCUT2D eigenvalue weighted by atomic mass is 9.84. The number of benzene rings is 1. The lowest BCUT2D eigenvalue weighted by Crippen LogP contribution is -2.14. The van der Waals surface area contributed by atoms with Crippen molar-refractivity contribution in [1.29, 1.82) is 0 Å². The molecule has 1 aromatic heterocycles. The molecule has 3 N–H and O–H groups in total. The lowest BCUT2D eigenvalue weighted by molar-refractivity contribution is 0.0914. The van der Waals surface area contributed by atoms with E-state index in [0.717, 1.165) is 29.4 Å². The minimum Gasteiger partial charge on any atom is -0.388 e. The van der Waals surface area contributed by atoms with Gasteiger partial charge < -0.3 is 15.1 Å². The van der Waals surface area contributed by atoms with E-state index in [0.29, 0.717) is 5.92 Å². The van der Waals surface area contributed by atoms with Gasteiger partial charge in [0, 0.05) is 0 Å². The fourth-order valence-corrected chi connectivity index (χ4v) is 3.31. The first-order valence-electron chi connectivity index (χ1n) is 7.64. The van der Waals surface area contributed by atoms with Gasteiger partial charge in [0.15, 0.2) is 0 Å². The van der Waals surface area contributed by atoms with Crippen LogP contribution < -0.4 is 5.69 Å². The van der Waals surface area contributed by atoms with Crippen LogP contribution in [0.5, 0.6) is 0 Å². The Morgan fingerprint density at radius 1 is 1.00 bits per heavy atom. The molecule has 1 unspecified atom stereocenters. The fraction of sp³-hybridized carbons (Fsp3) is 0.562. The molecular weight excluding hydrogens is 252 g/mol. The molecule has 1 aromatic carbocycles. The number of fused-ring (bicyclic) bond motifs is 1. The largest absolute Gasteiger partial charge is 0.388 e. The van der Waals surface area contributed by atoms with Crippen molar-refractivity contribution in [1.82, 2.24) is 9.97 Å². The summed E-state index contributed by atoms with van der Waals surface area (Å²) in [7, 11) is 0. The summed E-state index contributed by atoms with van der Waals surface area (Å²) in [6, 6.07) is 5.70. The molecule has 1 heterocycles. The third kappa shape index (κ3) is 2.80. The molecule has 1 aliphatic carbocycles. The second-order valence-electron chi connectivity index (χ2n) is 5.93. The number of aromatic nitrogens is 2. The van der Waals surface area contributed by atoms with Gasteiger partial charge in [-0.25, -0.2) is 4.79 Å². The first-order valence-corrected chi connectivity index (χ1v) is 7.64. The summed E-state index contributed by atoms with van der Waals surface area (Å²) in [4.78, 5) is 16.8. The predicted molar refractivity (Wildman–Crippen MR) is 79.7 cm³/mol. The van der Waals surface area contributed by atoms with Gasteiger partial charge in [-0.15, -0.1) is 0 Å². The standard InChI is InChI=1S/C16H22N2O2/c19-15(11-6-4-2-1-3-5-7-11)12-8-9-13-14(10-12)18-16(20)17-13/h8-11,15,19H,1-7H2,(H2,17,18,20). The minimum absolute atomic E-state index is 0.197. The Hall–Kier alpha value is -1.55. The van der Waals surface area contributed by atoms with Crippen LogP contribution in [0.2, 0.25) is 0 Å². The molecule has 4 nitrogen and oxygen atoms in total. The fourth-order valence-electron chi connectivity index (χ4n) is 3.31. The summed E-state index contributed by atoms with van der Waals surface area (Å²) in [6.07, 6.45) is 8.11. The van der Waals surface area contributed by atoms with Gasteiger partial charge in [-0.1, -0.05) is 38.2 Å². The van der Waals surface area contributed by atoms with Crippen molar-refractivity contribution in [2.45, 2.75) is 51.0 Å². The lowest BCUT2D eigenvalue weighted by Gasteiger charge is -2.25. The van der Waals surface area contributed by atoms with Gasteiger partial charge in [-0.3, -0.25) is 0 Å². The Morgan fingerprint density at radius 3 is 2.40 bits per heavy atom. The van der Waals surface area contributed by atoms with Crippen LogP contribution in [0.1, 0.15) is 56.6 Å². The van der Waals surface area contributed by atoms with Gasteiger partial charge in [0.2, 0.25) is 0 Å². The highest BCUT2D eigenvalue weighted by atomic mass is 16.3. The van der Waals surface area contributed by atoms with E-state index in [4.69, 9.17) is 0 Å². The van der Waals surface area contributed by atoms with Crippen molar-refractivity contribution in [2.24, 2.45) is 5.92 Å². The smallest absolute Gasteiger partial charge is 0.323 e. The number of hydrogen-bond acceptors (Lipinski definition) is 2. The van der Waals surface area contributed by atoms with Gasteiger partial charge in [-0.05, 0) is 36.5 Å². The quantitative estimate of drug-likeness (QED) is 0.786. The van der Waals surface area contributed by atoms with E-state index in [9.17, 15) is 9.90 Å². The molecule has 1 saturated carbocycles. The number of aliphatic hydroxyl groups is 1. The Balaban J connectivity index is 1.82. The zero-order valence-corrected chi connectivity index (χ0v) is 11.7. The number of hydrogen-bond donors (Lipinski definition) is 3. The van der Waals surface area contributed by atoms with E-state index in [2.05, 4.69) is 9.97 Å². The Kier molecular flexibility index (Phi) is 3.92. The first-order chi connectivity index (χ1) is 9.74. The second-order valence-corrected chi connectivity index (χ2v) is 5.93. The van der Waals surface area contributed by atoms with Crippen molar-refractivity contribution >= 4 is 11.0 Å². The zero-order chi connectivity index (χ0) is 13.9. The number of aromatic amines is 2. The summed E-state index contributed by atoms with van der Waals surface area (Å²) in [5, 5.41) is 10.6. The van der Waals surface area contributed by atoms with Crippen LogP contribution in [0, 0.1) is 5.92 Å². The summed E-state index contributed by atoms with van der Waals surface area (Å²) in [5.41, 5.74) is 2.29. The van der Waals surface area contributed by atoms with Crippen LogP contribution in [0.4, 0.5) is 0 Å². The average molecular weight is 274 g/mol. The van der Waals surface area contributed by atoms with Gasteiger partial charge in [0.05, 0.1) is 17.1 Å². The molecule has 0 amide bonds. The Morgan fingerprint density at radius 2 is 1.65 bits per heavy atom. The van der Waals surface area contributed by atoms with Crippen molar-refractivity contribution in [3.05, 3.63) is 34.2 Å². The SMILES string of the molecule is O=c1[nH]c2ccc(C(O)C3CCCCCCC3)cc2[nH]1. The summed E-state index contributed by atoms with van der Waals surface area (Å²) >= 11 is 0. The molecule has 0 bridgehead atoms. The van der Waals surface area contributed by atoms with Crippen LogP contribution >= 0.6 is 0 Å². The van der Waals surface area contributed by atoms with Gasteiger partial charge in [0.25, 0.3) is 0 Å². The number of aliphatic hydroxyl groups excluding tert-OH is 1. The van der Waals surface area contributed by atoms with Crippen molar-refractivity contribution in [3.8, 4) is 0 Å². The maximum atomic E-state index is 11.3. The van der Waals surface area contributed by atoms with E-state index in [1.54, 1.807) is 0 Å². The molecule has 1 atom stereocenters. The van der Waals surface area contributed by atoms with Crippen molar-refractivity contribution in [3.63, 3.8) is 0 Å². The molecular formula is C16H22N2O2. The van der Waals surface area contributed by atoms with Crippen LogP contribution in [0.25, 0.3) is 11.0 Å². The zero-order valence-electron chi connectivity index (χ0n) is 11.7. The van der Waals surface area contributed by atoms with Crippen molar-refractivity contribution < 1.29 is 5.11 Å². The van der Waals surface area contributed by atoms with Crippen LogP contribution in [-0.4, -0.2) is 15.1 Å². The molecule has 0 radical (unpaired) electrons. The van der Waals surface area contributed by atoms with E-state index in [1.807, 2.05) is 18.2 Å². The highest BCUT2D eigenvalue weighted by Crippen LogP contribution is 2.33. The van der Waals surface area contributed by atoms with Crippen LogP contribution in [0.15, 0.2) is 23.0 Å². The third-order valence-corrected chi connectivity index (χ3v) is 4.48. The molecule has 1 aliphatic rings. The number of imidazole rings is 1. The molecule has 3 rings (SSSR count). The molecule has 4 heteroatoms. The summed E-state index contributed by atoms with van der Waals surface area (Å²) in [6.45, 7) is 0. The number of H-pyrrole nitrogens is 2. The topological polar surface area (TPSA) is 68.9 Å². The summed E-state index contributed by atoms with van der Waals surface area (Å²) < 4.78 is 0. The maximum absolute atomic E-state index is 11.3. The second kappa shape index (κ2) is 5.83. The monoisotopic (exact) mass is 274 g/mol. The number of nitrogens with one attached hydrogen (secondary N) is 2. The van der Waals surface area contributed by atoms with Gasteiger partial charge >= 0.3 is 5.69 Å². The van der Waals surface area contributed by atoms with E-state index >= 15 is 0 Å². The van der Waals surface area contributed by atoms with Gasteiger partial charge in [-0.2, -0.15) is 0 Å². The predicted octanol–water partition coefficient (Wildman–Crippen LogP) is 3.25. The maximum Gasteiger partial charge on any atom is 0.323 e. The molecule has 0 saturated heterocycles.